The topological polar surface area (TPSA) is 98.3 Å². The van der Waals surface area contributed by atoms with Crippen LogP contribution in [0.2, 0.25) is 0 Å². The molecule has 2 aliphatic rings. The lowest BCUT2D eigenvalue weighted by Crippen LogP contribution is -2.49. The number of piperazine rings is 1. The summed E-state index contributed by atoms with van der Waals surface area (Å²) in [5.74, 6) is 1.67. The predicted molar refractivity (Wildman–Crippen MR) is 102 cm³/mol. The standard InChI is InChI=1S/C17H25N7O2S/c1-14-11-15(22-5-3-2-4-6-22)21-17(20-14)23-7-9-24(10-8-23)27(25,26)16-12-18-13-19-16/h11-13H,2-10H2,1H3,(H,18,19). The fourth-order valence-corrected chi connectivity index (χ4v) is 4.93. The van der Waals surface area contributed by atoms with E-state index in [0.717, 1.165) is 24.6 Å². The van der Waals surface area contributed by atoms with Crippen molar-refractivity contribution >= 4 is 21.8 Å². The first-order valence-corrected chi connectivity index (χ1v) is 10.8. The highest BCUT2D eigenvalue weighted by molar-refractivity contribution is 7.89. The first kappa shape index (κ1) is 18.2. The summed E-state index contributed by atoms with van der Waals surface area (Å²) in [6.45, 7) is 5.98. The number of aromatic nitrogens is 4. The molecule has 0 aliphatic carbocycles. The van der Waals surface area contributed by atoms with E-state index in [2.05, 4.69) is 24.8 Å². The molecule has 2 aromatic rings. The van der Waals surface area contributed by atoms with Crippen molar-refractivity contribution < 1.29 is 8.42 Å². The highest BCUT2D eigenvalue weighted by Crippen LogP contribution is 2.23. The largest absolute Gasteiger partial charge is 0.356 e. The number of hydrogen-bond donors (Lipinski definition) is 1. The van der Waals surface area contributed by atoms with E-state index in [1.54, 1.807) is 0 Å². The number of piperidine rings is 1. The molecule has 4 rings (SSSR count). The minimum absolute atomic E-state index is 0.134. The molecular weight excluding hydrogens is 366 g/mol. The Morgan fingerprint density at radius 3 is 2.37 bits per heavy atom. The van der Waals surface area contributed by atoms with Crippen LogP contribution < -0.4 is 9.80 Å². The summed E-state index contributed by atoms with van der Waals surface area (Å²) >= 11 is 0. The first-order chi connectivity index (χ1) is 13.0. The van der Waals surface area contributed by atoms with Crippen LogP contribution >= 0.6 is 0 Å². The number of anilines is 2. The summed E-state index contributed by atoms with van der Waals surface area (Å²) in [5.41, 5.74) is 0.938. The van der Waals surface area contributed by atoms with Crippen LogP contribution in [0.5, 0.6) is 0 Å². The van der Waals surface area contributed by atoms with Gasteiger partial charge >= 0.3 is 0 Å². The second-order valence-electron chi connectivity index (χ2n) is 7.02. The maximum atomic E-state index is 12.6. The lowest BCUT2D eigenvalue weighted by molar-refractivity contribution is 0.381. The second kappa shape index (κ2) is 7.43. The van der Waals surface area contributed by atoms with Crippen LogP contribution in [0.1, 0.15) is 25.0 Å². The number of nitrogens with zero attached hydrogens (tertiary/aromatic N) is 6. The van der Waals surface area contributed by atoms with Gasteiger partial charge in [0, 0.05) is 51.0 Å². The van der Waals surface area contributed by atoms with Crippen molar-refractivity contribution in [2.75, 3.05) is 49.1 Å². The van der Waals surface area contributed by atoms with Gasteiger partial charge in [-0.15, -0.1) is 0 Å². The zero-order valence-electron chi connectivity index (χ0n) is 15.5. The highest BCUT2D eigenvalue weighted by Gasteiger charge is 2.30. The van der Waals surface area contributed by atoms with Gasteiger partial charge in [0.05, 0.1) is 12.5 Å². The third kappa shape index (κ3) is 3.77. The molecule has 0 bridgehead atoms. The number of nitrogens with one attached hydrogen (secondary N) is 1. The van der Waals surface area contributed by atoms with Gasteiger partial charge in [-0.25, -0.2) is 18.4 Å². The molecule has 2 aromatic heterocycles. The molecule has 0 spiro atoms. The second-order valence-corrected chi connectivity index (χ2v) is 8.93. The summed E-state index contributed by atoms with van der Waals surface area (Å²) in [6, 6.07) is 2.04. The summed E-state index contributed by atoms with van der Waals surface area (Å²) in [7, 11) is -3.52. The van der Waals surface area contributed by atoms with Gasteiger partial charge in [-0.1, -0.05) is 0 Å². The van der Waals surface area contributed by atoms with Gasteiger partial charge in [0.2, 0.25) is 5.95 Å². The fraction of sp³-hybridized carbons (Fsp3) is 0.588. The molecule has 0 radical (unpaired) electrons. The molecular formula is C17H25N7O2S. The Morgan fingerprint density at radius 1 is 0.963 bits per heavy atom. The SMILES string of the molecule is Cc1cc(N2CCCCC2)nc(N2CCN(S(=O)(=O)c3cnc[nH]3)CC2)n1. The van der Waals surface area contributed by atoms with Crippen molar-refractivity contribution in [2.45, 2.75) is 31.2 Å². The van der Waals surface area contributed by atoms with Crippen LogP contribution in [-0.4, -0.2) is 71.9 Å². The van der Waals surface area contributed by atoms with Gasteiger partial charge in [-0.2, -0.15) is 9.29 Å². The molecule has 0 atom stereocenters. The van der Waals surface area contributed by atoms with E-state index in [4.69, 9.17) is 4.98 Å². The van der Waals surface area contributed by atoms with Gasteiger partial charge in [-0.3, -0.25) is 0 Å². The number of rotatable bonds is 4. The first-order valence-electron chi connectivity index (χ1n) is 9.38. The van der Waals surface area contributed by atoms with Crippen molar-refractivity contribution in [3.63, 3.8) is 0 Å². The average molecular weight is 392 g/mol. The third-order valence-electron chi connectivity index (χ3n) is 5.12. The molecule has 2 saturated heterocycles. The molecule has 2 aliphatic heterocycles. The van der Waals surface area contributed by atoms with Gasteiger partial charge in [-0.05, 0) is 26.2 Å². The van der Waals surface area contributed by atoms with Crippen molar-refractivity contribution in [3.05, 3.63) is 24.3 Å². The smallest absolute Gasteiger partial charge is 0.260 e. The van der Waals surface area contributed by atoms with E-state index in [1.807, 2.05) is 13.0 Å². The maximum Gasteiger partial charge on any atom is 0.260 e. The normalized spacial score (nSPS) is 19.4. The summed E-state index contributed by atoms with van der Waals surface area (Å²) in [4.78, 5) is 20.3. The number of aryl methyl sites for hydroxylation is 1. The van der Waals surface area contributed by atoms with E-state index in [0.29, 0.717) is 32.1 Å². The number of imidazole rings is 1. The van der Waals surface area contributed by atoms with Crippen LogP contribution in [0, 0.1) is 6.92 Å². The lowest BCUT2D eigenvalue weighted by atomic mass is 10.1. The van der Waals surface area contributed by atoms with Crippen molar-refractivity contribution in [1.82, 2.24) is 24.2 Å². The Labute approximate surface area is 159 Å². The Kier molecular flexibility index (Phi) is 5.00. The Balaban J connectivity index is 1.47. The lowest BCUT2D eigenvalue weighted by Gasteiger charge is -2.34. The van der Waals surface area contributed by atoms with Crippen molar-refractivity contribution in [3.8, 4) is 0 Å². The van der Waals surface area contributed by atoms with E-state index < -0.39 is 10.0 Å². The fourth-order valence-electron chi connectivity index (χ4n) is 3.61. The van der Waals surface area contributed by atoms with Crippen molar-refractivity contribution in [1.29, 1.82) is 0 Å². The Morgan fingerprint density at radius 2 is 1.70 bits per heavy atom. The van der Waals surface area contributed by atoms with Crippen LogP contribution in [-0.2, 0) is 10.0 Å². The van der Waals surface area contributed by atoms with Gasteiger partial charge in [0.25, 0.3) is 10.0 Å². The van der Waals surface area contributed by atoms with Gasteiger partial charge < -0.3 is 14.8 Å². The molecule has 9 nitrogen and oxygen atoms in total. The van der Waals surface area contributed by atoms with Crippen LogP contribution in [0.25, 0.3) is 0 Å². The number of sulfonamides is 1. The highest BCUT2D eigenvalue weighted by atomic mass is 32.2. The quantitative estimate of drug-likeness (QED) is 0.830. The summed E-state index contributed by atoms with van der Waals surface area (Å²) in [6.07, 6.45) is 6.40. The molecule has 1 N–H and O–H groups in total. The predicted octanol–water partition coefficient (Wildman–Crippen LogP) is 1.01. The Hall–Kier alpha value is -2.20. The Bertz CT molecular complexity index is 871. The molecule has 2 fully saturated rings. The molecule has 27 heavy (non-hydrogen) atoms. The molecule has 4 heterocycles. The van der Waals surface area contributed by atoms with Crippen LogP contribution in [0.15, 0.2) is 23.6 Å². The van der Waals surface area contributed by atoms with E-state index >= 15 is 0 Å². The molecule has 146 valence electrons. The third-order valence-corrected chi connectivity index (χ3v) is 6.95. The molecule has 0 saturated carbocycles. The summed E-state index contributed by atoms with van der Waals surface area (Å²) in [5, 5.41) is 0.134. The molecule has 0 amide bonds. The van der Waals surface area contributed by atoms with Gasteiger partial charge in [0.1, 0.15) is 5.82 Å². The minimum atomic E-state index is -3.52. The van der Waals surface area contributed by atoms with Gasteiger partial charge in [0.15, 0.2) is 5.03 Å². The number of hydrogen-bond acceptors (Lipinski definition) is 7. The zero-order chi connectivity index (χ0) is 18.9. The maximum absolute atomic E-state index is 12.6. The molecule has 0 unspecified atom stereocenters. The van der Waals surface area contributed by atoms with E-state index in [-0.39, 0.29) is 5.03 Å². The average Bonchev–Trinajstić information content (AvgIpc) is 3.24. The van der Waals surface area contributed by atoms with E-state index in [9.17, 15) is 8.42 Å². The zero-order valence-corrected chi connectivity index (χ0v) is 16.3. The number of H-pyrrole nitrogens is 1. The number of aromatic amines is 1. The summed E-state index contributed by atoms with van der Waals surface area (Å²) < 4.78 is 26.7. The molecule has 10 heteroatoms. The van der Waals surface area contributed by atoms with Crippen LogP contribution in [0.4, 0.5) is 11.8 Å². The minimum Gasteiger partial charge on any atom is -0.356 e. The van der Waals surface area contributed by atoms with Crippen LogP contribution in [0.3, 0.4) is 0 Å². The monoisotopic (exact) mass is 391 g/mol. The van der Waals surface area contributed by atoms with Crippen molar-refractivity contribution in [2.24, 2.45) is 0 Å². The van der Waals surface area contributed by atoms with E-state index in [1.165, 1.54) is 36.1 Å². The molecule has 0 aromatic carbocycles.